The predicted molar refractivity (Wildman–Crippen MR) is 53.8 cm³/mol. The van der Waals surface area contributed by atoms with Crippen molar-refractivity contribution in [2.45, 2.75) is 31.6 Å². The van der Waals surface area contributed by atoms with Crippen LogP contribution < -0.4 is 11.1 Å². The lowest BCUT2D eigenvalue weighted by atomic mass is 10.0. The summed E-state index contributed by atoms with van der Waals surface area (Å²) in [6, 6.07) is -0.605. The number of nitrogens with one attached hydrogen (secondary N) is 2. The molecule has 0 aliphatic carbocycles. The summed E-state index contributed by atoms with van der Waals surface area (Å²) in [4.78, 5) is 11.4. The highest BCUT2D eigenvalue weighted by Crippen LogP contribution is 2.28. The van der Waals surface area contributed by atoms with Gasteiger partial charge in [-0.2, -0.15) is 18.3 Å². The van der Waals surface area contributed by atoms with Crippen molar-refractivity contribution in [3.8, 4) is 0 Å². The van der Waals surface area contributed by atoms with Crippen molar-refractivity contribution in [3.63, 3.8) is 0 Å². The smallest absolute Gasteiger partial charge is 0.348 e. The van der Waals surface area contributed by atoms with E-state index in [-0.39, 0.29) is 0 Å². The summed E-state index contributed by atoms with van der Waals surface area (Å²) < 4.78 is 37.4. The number of hydrogen-bond acceptors (Lipinski definition) is 3. The van der Waals surface area contributed by atoms with Gasteiger partial charge in [0, 0.05) is 11.8 Å². The van der Waals surface area contributed by atoms with Gasteiger partial charge in [0.05, 0.1) is 12.2 Å². The SMILES string of the molecule is CC(NC(=O)C(C)(N)C(F)(F)F)c1cn[nH]c1. The molecule has 5 nitrogen and oxygen atoms in total. The van der Waals surface area contributed by atoms with Crippen LogP contribution >= 0.6 is 0 Å². The third kappa shape index (κ3) is 2.76. The van der Waals surface area contributed by atoms with E-state index < -0.39 is 23.7 Å². The molecule has 4 N–H and O–H groups in total. The molecule has 17 heavy (non-hydrogen) atoms. The van der Waals surface area contributed by atoms with Crippen LogP contribution in [-0.4, -0.2) is 27.8 Å². The van der Waals surface area contributed by atoms with Gasteiger partial charge in [0.25, 0.3) is 0 Å². The topological polar surface area (TPSA) is 83.8 Å². The number of hydrogen-bond donors (Lipinski definition) is 3. The highest BCUT2D eigenvalue weighted by Gasteiger charge is 2.54. The Morgan fingerprint density at radius 1 is 1.59 bits per heavy atom. The maximum atomic E-state index is 12.5. The molecular weight excluding hydrogens is 237 g/mol. The average molecular weight is 250 g/mol. The van der Waals surface area contributed by atoms with Crippen LogP contribution in [0.5, 0.6) is 0 Å². The fourth-order valence-corrected chi connectivity index (χ4v) is 1.06. The molecule has 0 bridgehead atoms. The molecule has 96 valence electrons. The van der Waals surface area contributed by atoms with Gasteiger partial charge >= 0.3 is 6.18 Å². The number of rotatable bonds is 3. The van der Waals surface area contributed by atoms with E-state index in [2.05, 4.69) is 15.5 Å². The summed E-state index contributed by atoms with van der Waals surface area (Å²) in [6.45, 7) is 2.17. The molecule has 0 fully saturated rings. The molecule has 0 saturated heterocycles. The van der Waals surface area contributed by atoms with E-state index in [0.717, 1.165) is 0 Å². The monoisotopic (exact) mass is 250 g/mol. The van der Waals surface area contributed by atoms with E-state index in [1.807, 2.05) is 0 Å². The highest BCUT2D eigenvalue weighted by atomic mass is 19.4. The van der Waals surface area contributed by atoms with Crippen LogP contribution in [0.25, 0.3) is 0 Å². The molecule has 1 amide bonds. The van der Waals surface area contributed by atoms with Crippen LogP contribution in [0.1, 0.15) is 25.5 Å². The molecule has 1 aromatic heterocycles. The van der Waals surface area contributed by atoms with Crippen molar-refractivity contribution in [1.29, 1.82) is 0 Å². The number of halogens is 3. The fourth-order valence-electron chi connectivity index (χ4n) is 1.06. The van der Waals surface area contributed by atoms with Gasteiger partial charge in [-0.1, -0.05) is 0 Å². The zero-order valence-corrected chi connectivity index (χ0v) is 9.30. The van der Waals surface area contributed by atoms with E-state index in [0.29, 0.717) is 12.5 Å². The van der Waals surface area contributed by atoms with Crippen LogP contribution in [0.2, 0.25) is 0 Å². The maximum absolute atomic E-state index is 12.5. The lowest BCUT2D eigenvalue weighted by molar-refractivity contribution is -0.187. The van der Waals surface area contributed by atoms with E-state index in [1.165, 1.54) is 19.3 Å². The minimum atomic E-state index is -4.80. The Hall–Kier alpha value is -1.57. The first-order valence-electron chi connectivity index (χ1n) is 4.81. The van der Waals surface area contributed by atoms with Gasteiger partial charge < -0.3 is 11.1 Å². The zero-order chi connectivity index (χ0) is 13.3. The average Bonchev–Trinajstić information content (AvgIpc) is 2.68. The van der Waals surface area contributed by atoms with Crippen molar-refractivity contribution >= 4 is 5.91 Å². The molecule has 0 aliphatic rings. The van der Waals surface area contributed by atoms with Gasteiger partial charge in [-0.3, -0.25) is 9.89 Å². The van der Waals surface area contributed by atoms with Crippen LogP contribution in [0.3, 0.4) is 0 Å². The third-order valence-corrected chi connectivity index (χ3v) is 2.43. The van der Waals surface area contributed by atoms with Gasteiger partial charge in [-0.05, 0) is 13.8 Å². The quantitative estimate of drug-likeness (QED) is 0.744. The maximum Gasteiger partial charge on any atom is 0.415 e. The largest absolute Gasteiger partial charge is 0.415 e. The lowest BCUT2D eigenvalue weighted by Gasteiger charge is -2.27. The number of carbonyl (C=O) groups is 1. The number of carbonyl (C=O) groups excluding carboxylic acids is 1. The Bertz CT molecular complexity index is 385. The molecule has 0 radical (unpaired) electrons. The predicted octanol–water partition coefficient (Wildman–Crippen LogP) is 0.867. The van der Waals surface area contributed by atoms with E-state index >= 15 is 0 Å². The summed E-state index contributed by atoms with van der Waals surface area (Å²) >= 11 is 0. The second-order valence-corrected chi connectivity index (χ2v) is 3.93. The minimum absolute atomic E-state index is 0.566. The molecule has 2 atom stereocenters. The van der Waals surface area contributed by atoms with Crippen molar-refractivity contribution < 1.29 is 18.0 Å². The van der Waals surface area contributed by atoms with Crippen LogP contribution in [0, 0.1) is 0 Å². The molecule has 1 aromatic rings. The summed E-state index contributed by atoms with van der Waals surface area (Å²) in [5.74, 6) is -1.28. The van der Waals surface area contributed by atoms with Gasteiger partial charge in [0.15, 0.2) is 5.54 Å². The third-order valence-electron chi connectivity index (χ3n) is 2.43. The fraction of sp³-hybridized carbons (Fsp3) is 0.556. The van der Waals surface area contributed by atoms with Crippen LogP contribution in [-0.2, 0) is 4.79 Å². The molecule has 0 saturated carbocycles. The molecule has 2 unspecified atom stereocenters. The number of aromatic amines is 1. The van der Waals surface area contributed by atoms with Crippen molar-refractivity contribution in [3.05, 3.63) is 18.0 Å². The Balaban J connectivity index is 2.73. The molecule has 0 aliphatic heterocycles. The first-order valence-corrected chi connectivity index (χ1v) is 4.81. The zero-order valence-electron chi connectivity index (χ0n) is 9.30. The van der Waals surface area contributed by atoms with Crippen molar-refractivity contribution in [2.75, 3.05) is 0 Å². The van der Waals surface area contributed by atoms with Crippen molar-refractivity contribution in [1.82, 2.24) is 15.5 Å². The number of nitrogens with zero attached hydrogens (tertiary/aromatic N) is 1. The van der Waals surface area contributed by atoms with E-state index in [9.17, 15) is 18.0 Å². The Morgan fingerprint density at radius 3 is 2.59 bits per heavy atom. The Labute approximate surface area is 95.6 Å². The van der Waals surface area contributed by atoms with Gasteiger partial charge in [0.2, 0.25) is 5.91 Å². The van der Waals surface area contributed by atoms with Gasteiger partial charge in [0.1, 0.15) is 0 Å². The summed E-state index contributed by atoms with van der Waals surface area (Å²) in [6.07, 6.45) is -1.91. The Kier molecular flexibility index (Phi) is 3.46. The summed E-state index contributed by atoms with van der Waals surface area (Å²) in [5, 5.41) is 8.31. The number of H-pyrrole nitrogens is 1. The van der Waals surface area contributed by atoms with E-state index in [4.69, 9.17) is 5.73 Å². The second-order valence-electron chi connectivity index (χ2n) is 3.93. The molecule has 0 spiro atoms. The normalized spacial score (nSPS) is 17.3. The number of aromatic nitrogens is 2. The molecule has 8 heteroatoms. The Morgan fingerprint density at radius 2 is 2.18 bits per heavy atom. The van der Waals surface area contributed by atoms with E-state index in [1.54, 1.807) is 0 Å². The minimum Gasteiger partial charge on any atom is -0.348 e. The standard InChI is InChI=1S/C9H13F3N4O/c1-5(6-3-14-15-4-6)16-7(17)8(2,13)9(10,11)12/h3-5H,13H2,1-2H3,(H,14,15)(H,16,17). The van der Waals surface area contributed by atoms with Gasteiger partial charge in [-0.15, -0.1) is 0 Å². The number of alkyl halides is 3. The first kappa shape index (κ1) is 13.5. The molecular formula is C9H13F3N4O. The van der Waals surface area contributed by atoms with Crippen LogP contribution in [0.4, 0.5) is 13.2 Å². The van der Waals surface area contributed by atoms with Crippen LogP contribution in [0.15, 0.2) is 12.4 Å². The number of amides is 1. The highest BCUT2D eigenvalue weighted by molar-refractivity contribution is 5.86. The molecule has 1 rings (SSSR count). The second kappa shape index (κ2) is 4.36. The van der Waals surface area contributed by atoms with Crippen molar-refractivity contribution in [2.24, 2.45) is 5.73 Å². The number of nitrogens with two attached hydrogens (primary N) is 1. The summed E-state index contributed by atoms with van der Waals surface area (Å²) in [7, 11) is 0. The summed E-state index contributed by atoms with van der Waals surface area (Å²) in [5.41, 5.74) is 2.63. The lowest BCUT2D eigenvalue weighted by Crippen LogP contribution is -2.61. The molecule has 1 heterocycles. The first-order chi connectivity index (χ1) is 7.66. The molecule has 0 aromatic carbocycles. The van der Waals surface area contributed by atoms with Gasteiger partial charge in [-0.25, -0.2) is 0 Å².